The lowest BCUT2D eigenvalue weighted by Crippen LogP contribution is -2.48. The number of nitrogens with zero attached hydrogens (tertiary/aromatic N) is 3. The van der Waals surface area contributed by atoms with Crippen molar-refractivity contribution in [3.05, 3.63) is 41.4 Å². The summed E-state index contributed by atoms with van der Waals surface area (Å²) in [4.78, 5) is 20.9. The number of piperazine rings is 1. The first-order valence-corrected chi connectivity index (χ1v) is 10.3. The predicted molar refractivity (Wildman–Crippen MR) is 101 cm³/mol. The average molecular weight is 390 g/mol. The quantitative estimate of drug-likeness (QED) is 0.771. The standard InChI is InChI=1S/C17H18N4O3S2/c1-2-7-19-26(23,24)15-5-3-14(4-6-15)16(22)20-9-11-21(12-10-20)17-18-8-13-25-17/h1,3-6,8,13,19H,7,9-12H2. The van der Waals surface area contributed by atoms with Crippen molar-refractivity contribution in [1.82, 2.24) is 14.6 Å². The van der Waals surface area contributed by atoms with E-state index in [0.29, 0.717) is 18.7 Å². The normalized spacial score (nSPS) is 14.9. The first-order chi connectivity index (χ1) is 12.5. The highest BCUT2D eigenvalue weighted by molar-refractivity contribution is 7.89. The van der Waals surface area contributed by atoms with Crippen LogP contribution in [0.25, 0.3) is 0 Å². The van der Waals surface area contributed by atoms with Crippen LogP contribution in [0, 0.1) is 12.3 Å². The van der Waals surface area contributed by atoms with Crippen molar-refractivity contribution in [1.29, 1.82) is 0 Å². The summed E-state index contributed by atoms with van der Waals surface area (Å²) < 4.78 is 26.3. The zero-order valence-electron chi connectivity index (χ0n) is 14.0. The zero-order chi connectivity index (χ0) is 18.6. The molecule has 3 rings (SSSR count). The third-order valence-electron chi connectivity index (χ3n) is 4.03. The fourth-order valence-corrected chi connectivity index (χ4v) is 4.28. The van der Waals surface area contributed by atoms with Crippen LogP contribution in [0.3, 0.4) is 0 Å². The number of carbonyl (C=O) groups excluding carboxylic acids is 1. The van der Waals surface area contributed by atoms with E-state index < -0.39 is 10.0 Å². The van der Waals surface area contributed by atoms with Crippen LogP contribution in [0.5, 0.6) is 0 Å². The maximum Gasteiger partial charge on any atom is 0.253 e. The fourth-order valence-electron chi connectivity index (χ4n) is 2.65. The van der Waals surface area contributed by atoms with Crippen molar-refractivity contribution in [3.63, 3.8) is 0 Å². The molecule has 136 valence electrons. The molecule has 0 saturated carbocycles. The summed E-state index contributed by atoms with van der Waals surface area (Å²) in [6.07, 6.45) is 6.84. The van der Waals surface area contributed by atoms with Crippen molar-refractivity contribution in [2.75, 3.05) is 37.6 Å². The number of sulfonamides is 1. The zero-order valence-corrected chi connectivity index (χ0v) is 15.6. The van der Waals surface area contributed by atoms with Crippen molar-refractivity contribution in [3.8, 4) is 12.3 Å². The summed E-state index contributed by atoms with van der Waals surface area (Å²) in [5.74, 6) is 2.11. The van der Waals surface area contributed by atoms with E-state index >= 15 is 0 Å². The number of thiazole rings is 1. The molecule has 1 saturated heterocycles. The monoisotopic (exact) mass is 390 g/mol. The van der Waals surface area contributed by atoms with Crippen molar-refractivity contribution < 1.29 is 13.2 Å². The highest BCUT2D eigenvalue weighted by atomic mass is 32.2. The SMILES string of the molecule is C#CCNS(=O)(=O)c1ccc(C(=O)N2CCN(c3nccs3)CC2)cc1. The Bertz CT molecular complexity index is 894. The van der Waals surface area contributed by atoms with E-state index in [1.54, 1.807) is 22.4 Å². The number of rotatable bonds is 5. The molecule has 7 nitrogen and oxygen atoms in total. The van der Waals surface area contributed by atoms with Crippen LogP contribution in [0.1, 0.15) is 10.4 Å². The number of benzene rings is 1. The predicted octanol–water partition coefficient (Wildman–Crippen LogP) is 1.02. The maximum absolute atomic E-state index is 12.6. The van der Waals surface area contributed by atoms with Crippen LogP contribution >= 0.6 is 11.3 Å². The van der Waals surface area contributed by atoms with E-state index in [2.05, 4.69) is 20.5 Å². The number of amides is 1. The molecule has 1 aromatic heterocycles. The number of anilines is 1. The molecule has 9 heteroatoms. The van der Waals surface area contributed by atoms with Crippen molar-refractivity contribution >= 4 is 32.4 Å². The second-order valence-electron chi connectivity index (χ2n) is 5.65. The lowest BCUT2D eigenvalue weighted by Gasteiger charge is -2.34. The molecule has 0 atom stereocenters. The van der Waals surface area contributed by atoms with Crippen molar-refractivity contribution in [2.24, 2.45) is 0 Å². The van der Waals surface area contributed by atoms with Gasteiger partial charge in [-0.1, -0.05) is 5.92 Å². The third kappa shape index (κ3) is 4.04. The van der Waals surface area contributed by atoms with Gasteiger partial charge in [0, 0.05) is 43.3 Å². The Morgan fingerprint density at radius 1 is 1.23 bits per heavy atom. The smallest absolute Gasteiger partial charge is 0.253 e. The van der Waals surface area contributed by atoms with Gasteiger partial charge in [0.2, 0.25) is 10.0 Å². The van der Waals surface area contributed by atoms with E-state index in [0.717, 1.165) is 18.2 Å². The van der Waals surface area contributed by atoms with E-state index in [9.17, 15) is 13.2 Å². The van der Waals surface area contributed by atoms with E-state index in [1.807, 2.05) is 5.38 Å². The van der Waals surface area contributed by atoms with Gasteiger partial charge in [-0.05, 0) is 24.3 Å². The highest BCUT2D eigenvalue weighted by Gasteiger charge is 2.23. The highest BCUT2D eigenvalue weighted by Crippen LogP contribution is 2.20. The number of hydrogen-bond donors (Lipinski definition) is 1. The number of terminal acetylenes is 1. The molecule has 0 aliphatic carbocycles. The number of hydrogen-bond acceptors (Lipinski definition) is 6. The molecular formula is C17H18N4O3S2. The molecule has 1 aliphatic heterocycles. The Morgan fingerprint density at radius 2 is 1.92 bits per heavy atom. The van der Waals surface area contributed by atoms with E-state index in [4.69, 9.17) is 6.42 Å². The molecule has 1 amide bonds. The second-order valence-corrected chi connectivity index (χ2v) is 8.29. The van der Waals surface area contributed by atoms with Crippen LogP contribution in [0.15, 0.2) is 40.7 Å². The first-order valence-electron chi connectivity index (χ1n) is 7.98. The van der Waals surface area contributed by atoms with Gasteiger partial charge in [-0.2, -0.15) is 4.72 Å². The van der Waals surface area contributed by atoms with Gasteiger partial charge in [-0.15, -0.1) is 17.8 Å². The van der Waals surface area contributed by atoms with Crippen LogP contribution in [-0.2, 0) is 10.0 Å². The summed E-state index contributed by atoms with van der Waals surface area (Å²) in [5, 5.41) is 2.90. The topological polar surface area (TPSA) is 82.6 Å². The van der Waals surface area contributed by atoms with Gasteiger partial charge in [-0.25, -0.2) is 13.4 Å². The van der Waals surface area contributed by atoms with Gasteiger partial charge in [0.05, 0.1) is 11.4 Å². The molecule has 2 heterocycles. The molecule has 0 bridgehead atoms. The van der Waals surface area contributed by atoms with Crippen LogP contribution < -0.4 is 9.62 Å². The maximum atomic E-state index is 12.6. The van der Waals surface area contributed by atoms with Gasteiger partial charge in [0.1, 0.15) is 0 Å². The van der Waals surface area contributed by atoms with Gasteiger partial charge in [-0.3, -0.25) is 4.79 Å². The number of nitrogens with one attached hydrogen (secondary N) is 1. The number of carbonyl (C=O) groups is 1. The summed E-state index contributed by atoms with van der Waals surface area (Å²) in [6, 6.07) is 5.88. The minimum Gasteiger partial charge on any atom is -0.345 e. The molecular weight excluding hydrogens is 372 g/mol. The van der Waals surface area contributed by atoms with Crippen molar-refractivity contribution in [2.45, 2.75) is 4.90 Å². The minimum atomic E-state index is -3.65. The summed E-state index contributed by atoms with van der Waals surface area (Å²) in [6.45, 7) is 2.57. The molecule has 1 aliphatic rings. The Labute approximate surface area is 156 Å². The Balaban J connectivity index is 1.63. The molecule has 1 fully saturated rings. The first kappa shape index (κ1) is 18.4. The summed E-state index contributed by atoms with van der Waals surface area (Å²) >= 11 is 1.58. The minimum absolute atomic E-state index is 0.0770. The molecule has 1 aromatic carbocycles. The van der Waals surface area contributed by atoms with Crippen LogP contribution in [0.4, 0.5) is 5.13 Å². The average Bonchev–Trinajstić information content (AvgIpc) is 3.21. The number of aromatic nitrogens is 1. The molecule has 26 heavy (non-hydrogen) atoms. The van der Waals surface area contributed by atoms with E-state index in [1.165, 1.54) is 24.3 Å². The lowest BCUT2D eigenvalue weighted by atomic mass is 10.2. The Morgan fingerprint density at radius 3 is 2.50 bits per heavy atom. The van der Waals surface area contributed by atoms with Gasteiger partial charge in [0.15, 0.2) is 5.13 Å². The third-order valence-corrected chi connectivity index (χ3v) is 6.28. The second kappa shape index (κ2) is 7.86. The Hall–Kier alpha value is -2.41. The fraction of sp³-hybridized carbons (Fsp3) is 0.294. The largest absolute Gasteiger partial charge is 0.345 e. The lowest BCUT2D eigenvalue weighted by molar-refractivity contribution is 0.0746. The molecule has 2 aromatic rings. The van der Waals surface area contributed by atoms with Gasteiger partial charge < -0.3 is 9.80 Å². The molecule has 0 unspecified atom stereocenters. The summed E-state index contributed by atoms with van der Waals surface area (Å²) in [5.41, 5.74) is 0.462. The summed E-state index contributed by atoms with van der Waals surface area (Å²) in [7, 11) is -3.65. The van der Waals surface area contributed by atoms with Gasteiger partial charge in [0.25, 0.3) is 5.91 Å². The van der Waals surface area contributed by atoms with E-state index in [-0.39, 0.29) is 17.3 Å². The Kier molecular flexibility index (Phi) is 5.56. The van der Waals surface area contributed by atoms with Crippen LogP contribution in [0.2, 0.25) is 0 Å². The molecule has 1 N–H and O–H groups in total. The van der Waals surface area contributed by atoms with Gasteiger partial charge >= 0.3 is 0 Å². The van der Waals surface area contributed by atoms with Crippen LogP contribution in [-0.4, -0.2) is 56.9 Å². The molecule has 0 radical (unpaired) electrons. The molecule has 0 spiro atoms.